The van der Waals surface area contributed by atoms with Crippen LogP contribution in [0.3, 0.4) is 0 Å². The lowest BCUT2D eigenvalue weighted by Gasteiger charge is -2.41. The highest BCUT2D eigenvalue weighted by atomic mass is 16.1. The van der Waals surface area contributed by atoms with Gasteiger partial charge in [0.25, 0.3) is 0 Å². The first-order valence-electron chi connectivity index (χ1n) is 25.4. The minimum atomic E-state index is -0.324. The van der Waals surface area contributed by atoms with E-state index in [-0.39, 0.29) is 11.2 Å². The van der Waals surface area contributed by atoms with Crippen molar-refractivity contribution in [3.05, 3.63) is 283 Å². The smallest absolute Gasteiger partial charge is 0.193 e. The molecule has 0 N–H and O–H groups in total. The van der Waals surface area contributed by atoms with Crippen molar-refractivity contribution in [3.63, 3.8) is 0 Å². The molecule has 0 saturated heterocycles. The van der Waals surface area contributed by atoms with Gasteiger partial charge in [0.05, 0.1) is 33.8 Å². The van der Waals surface area contributed by atoms with Crippen molar-refractivity contribution in [1.82, 2.24) is 4.57 Å². The maximum atomic E-state index is 13.8. The Morgan fingerprint density at radius 2 is 0.757 bits per heavy atom. The van der Waals surface area contributed by atoms with Crippen molar-refractivity contribution in [3.8, 4) is 50.2 Å². The fourth-order valence-corrected chi connectivity index (χ4v) is 11.8. The number of anilines is 6. The van der Waals surface area contributed by atoms with Crippen molar-refractivity contribution in [2.45, 2.75) is 19.3 Å². The molecule has 2 heterocycles. The quantitative estimate of drug-likeness (QED) is 0.159. The van der Waals surface area contributed by atoms with E-state index >= 15 is 0 Å². The Morgan fingerprint density at radius 3 is 1.47 bits per heavy atom. The highest BCUT2D eigenvalue weighted by molar-refractivity contribution is 6.14. The van der Waals surface area contributed by atoms with Crippen molar-refractivity contribution < 1.29 is 4.79 Å². The zero-order valence-corrected chi connectivity index (χ0v) is 41.1. The third-order valence-electron chi connectivity index (χ3n) is 15.5. The molecule has 0 amide bonds. The molecule has 11 aromatic carbocycles. The maximum Gasteiger partial charge on any atom is 0.193 e. The van der Waals surface area contributed by atoms with Crippen LogP contribution in [-0.4, -0.2) is 10.4 Å². The van der Waals surface area contributed by atoms with E-state index in [9.17, 15) is 4.79 Å². The molecule has 2 aliphatic rings. The number of fused-ring (bicyclic) bond motifs is 7. The first kappa shape index (κ1) is 43.3. The molecule has 1 aliphatic heterocycles. The highest BCUT2D eigenvalue weighted by Crippen LogP contribution is 2.56. The maximum absolute atomic E-state index is 13.8. The minimum absolute atomic E-state index is 0.0928. The number of hydrogen-bond donors (Lipinski definition) is 0. The summed E-state index contributed by atoms with van der Waals surface area (Å²) in [6, 6.07) is 93.8. The fraction of sp³-hybridized carbons (Fsp3) is 0.0429. The number of rotatable bonds is 7. The summed E-state index contributed by atoms with van der Waals surface area (Å²) >= 11 is 0. The van der Waals surface area contributed by atoms with Crippen LogP contribution in [0.4, 0.5) is 34.1 Å². The van der Waals surface area contributed by atoms with Gasteiger partial charge in [-0.25, -0.2) is 0 Å². The molecule has 14 rings (SSSR count). The molecule has 0 saturated carbocycles. The summed E-state index contributed by atoms with van der Waals surface area (Å²) in [5, 5.41) is 2.44. The number of benzene rings is 11. The van der Waals surface area contributed by atoms with Crippen LogP contribution in [-0.2, 0) is 5.41 Å². The lowest BCUT2D eigenvalue weighted by molar-refractivity contribution is 0.103. The molecule has 0 atom stereocenters. The van der Waals surface area contributed by atoms with E-state index in [1.807, 2.05) is 24.3 Å². The van der Waals surface area contributed by atoms with Crippen molar-refractivity contribution in [1.29, 1.82) is 0 Å². The first-order valence-corrected chi connectivity index (χ1v) is 25.4. The second-order valence-electron chi connectivity index (χ2n) is 20.1. The Kier molecular flexibility index (Phi) is 9.99. The SMILES string of the molecule is CC1(C)c2ccccc2C(=O)c2ccc(-c3ccc(N4c5ccc(-c6cccc(-c7ccccc7)c6)cc5N(c5ccccc5)c5cc(-c6ccc7c(c6)c6ccccc6n7-c6ccccc6)ccc54)cc3)cc21. The summed E-state index contributed by atoms with van der Waals surface area (Å²) in [6.07, 6.45) is 0. The molecule has 0 spiro atoms. The van der Waals surface area contributed by atoms with Crippen LogP contribution in [0.15, 0.2) is 261 Å². The number of aromatic nitrogens is 1. The minimum Gasteiger partial charge on any atom is -0.309 e. The van der Waals surface area contributed by atoms with Gasteiger partial charge in [0, 0.05) is 44.4 Å². The van der Waals surface area contributed by atoms with Crippen LogP contribution in [0.5, 0.6) is 0 Å². The van der Waals surface area contributed by atoms with Gasteiger partial charge in [-0.15, -0.1) is 0 Å². The lowest BCUT2D eigenvalue weighted by atomic mass is 9.68. The van der Waals surface area contributed by atoms with Gasteiger partial charge in [-0.2, -0.15) is 0 Å². The van der Waals surface area contributed by atoms with E-state index in [0.717, 1.165) is 95.4 Å². The molecule has 4 nitrogen and oxygen atoms in total. The Hall–Kier alpha value is -9.51. The molecule has 0 unspecified atom stereocenters. The monoisotopic (exact) mass is 947 g/mol. The highest BCUT2D eigenvalue weighted by Gasteiger charge is 2.37. The summed E-state index contributed by atoms with van der Waals surface area (Å²) < 4.78 is 2.37. The normalized spacial score (nSPS) is 13.4. The molecule has 0 fully saturated rings. The van der Waals surface area contributed by atoms with Crippen LogP contribution in [0, 0.1) is 0 Å². The number of para-hydroxylation sites is 3. The fourth-order valence-electron chi connectivity index (χ4n) is 11.8. The molecule has 12 aromatic rings. The topological polar surface area (TPSA) is 28.5 Å². The Balaban J connectivity index is 0.930. The van der Waals surface area contributed by atoms with Crippen LogP contribution in [0.25, 0.3) is 72.0 Å². The van der Waals surface area contributed by atoms with Crippen LogP contribution in [0.1, 0.15) is 40.9 Å². The number of ketones is 1. The number of carbonyl (C=O) groups is 1. The number of nitrogens with zero attached hydrogens (tertiary/aromatic N) is 3. The number of hydrogen-bond acceptors (Lipinski definition) is 3. The van der Waals surface area contributed by atoms with Crippen LogP contribution >= 0.6 is 0 Å². The molecule has 4 heteroatoms. The summed E-state index contributed by atoms with van der Waals surface area (Å²) in [4.78, 5) is 18.7. The summed E-state index contributed by atoms with van der Waals surface area (Å²) in [5.74, 6) is 0.0928. The van der Waals surface area contributed by atoms with E-state index < -0.39 is 0 Å². The van der Waals surface area contributed by atoms with Gasteiger partial charge in [0.15, 0.2) is 5.78 Å². The van der Waals surface area contributed by atoms with Gasteiger partial charge in [-0.05, 0) is 147 Å². The second-order valence-corrected chi connectivity index (χ2v) is 20.1. The van der Waals surface area contributed by atoms with Gasteiger partial charge >= 0.3 is 0 Å². The summed E-state index contributed by atoms with van der Waals surface area (Å²) in [5.41, 5.74) is 22.4. The third-order valence-corrected chi connectivity index (χ3v) is 15.5. The van der Waals surface area contributed by atoms with E-state index in [2.05, 4.69) is 265 Å². The molecular formula is C70H49N3O. The van der Waals surface area contributed by atoms with Gasteiger partial charge in [-0.3, -0.25) is 4.79 Å². The molecule has 1 aromatic heterocycles. The summed E-state index contributed by atoms with van der Waals surface area (Å²) in [6.45, 7) is 4.46. The van der Waals surface area contributed by atoms with E-state index in [4.69, 9.17) is 0 Å². The molecule has 350 valence electrons. The van der Waals surface area contributed by atoms with Gasteiger partial charge < -0.3 is 14.4 Å². The average molecular weight is 948 g/mol. The third kappa shape index (κ3) is 6.94. The number of carbonyl (C=O) groups excluding carboxylic acids is 1. The molecule has 0 bridgehead atoms. The van der Waals surface area contributed by atoms with Crippen LogP contribution in [0.2, 0.25) is 0 Å². The van der Waals surface area contributed by atoms with E-state index in [1.54, 1.807) is 0 Å². The largest absolute Gasteiger partial charge is 0.309 e. The lowest BCUT2D eigenvalue weighted by Crippen LogP contribution is -2.30. The van der Waals surface area contributed by atoms with Gasteiger partial charge in [0.1, 0.15) is 0 Å². The Labute approximate surface area is 431 Å². The van der Waals surface area contributed by atoms with Crippen molar-refractivity contribution in [2.24, 2.45) is 0 Å². The standard InChI is InChI=1S/C70H49N3O/c1-70(2)61-27-14-12-26-58(61)69(74)59-37-31-51(43-62(59)70)47-29-35-56(36-30-47)72-65-39-33-52(49-20-16-19-48(41-49)46-17-6-3-7-18-46)44-67(65)73(55-23-10-5-11-24-55)68-45-53(34-40-66(68)72)50-32-38-64-60(42-50)57-25-13-15-28-63(57)71(64)54-21-8-4-9-22-54/h3-45H,1-2H3. The predicted molar refractivity (Wildman–Crippen MR) is 307 cm³/mol. The Morgan fingerprint density at radius 1 is 0.297 bits per heavy atom. The second kappa shape index (κ2) is 17.1. The molecule has 74 heavy (non-hydrogen) atoms. The first-order chi connectivity index (χ1) is 36.4. The predicted octanol–water partition coefficient (Wildman–Crippen LogP) is 18.6. The van der Waals surface area contributed by atoms with Gasteiger partial charge in [-0.1, -0.05) is 184 Å². The average Bonchev–Trinajstić information content (AvgIpc) is 3.80. The Bertz CT molecular complexity index is 4170. The zero-order valence-electron chi connectivity index (χ0n) is 41.1. The van der Waals surface area contributed by atoms with E-state index in [0.29, 0.717) is 0 Å². The molecule has 1 aliphatic carbocycles. The molecule has 0 radical (unpaired) electrons. The van der Waals surface area contributed by atoms with Crippen molar-refractivity contribution in [2.75, 3.05) is 9.80 Å². The van der Waals surface area contributed by atoms with Crippen LogP contribution < -0.4 is 9.80 Å². The molecular weight excluding hydrogens is 899 g/mol. The van der Waals surface area contributed by atoms with Gasteiger partial charge in [0.2, 0.25) is 0 Å². The zero-order chi connectivity index (χ0) is 49.5. The van der Waals surface area contributed by atoms with E-state index in [1.165, 1.54) is 32.9 Å². The van der Waals surface area contributed by atoms with Crippen molar-refractivity contribution >= 4 is 61.7 Å². The summed E-state index contributed by atoms with van der Waals surface area (Å²) in [7, 11) is 0.